The molecule has 0 aromatic heterocycles. The lowest BCUT2D eigenvalue weighted by Gasteiger charge is -2.33. The van der Waals surface area contributed by atoms with Crippen LogP contribution in [0, 0.1) is 5.92 Å². The standard InChI is InChI=1S/C9H16N2O2/c1-13-11-6-4-10(5-7-11)9(12)8-2-3-8/h8H,2-7H2,1H3. The molecule has 0 N–H and O–H groups in total. The second-order valence-corrected chi connectivity index (χ2v) is 3.71. The predicted octanol–water partition coefficient (Wildman–Crippen LogP) is 0.102. The first kappa shape index (κ1) is 8.97. The fourth-order valence-electron chi connectivity index (χ4n) is 1.68. The van der Waals surface area contributed by atoms with Crippen LogP contribution in [0.5, 0.6) is 0 Å². The van der Waals surface area contributed by atoms with Gasteiger partial charge in [-0.05, 0) is 12.8 Å². The van der Waals surface area contributed by atoms with Gasteiger partial charge in [0.25, 0.3) is 0 Å². The van der Waals surface area contributed by atoms with Crippen molar-refractivity contribution in [2.24, 2.45) is 5.92 Å². The third-order valence-corrected chi connectivity index (χ3v) is 2.74. The highest BCUT2D eigenvalue weighted by molar-refractivity contribution is 5.81. The molecule has 13 heavy (non-hydrogen) atoms. The first-order chi connectivity index (χ1) is 6.31. The van der Waals surface area contributed by atoms with E-state index in [4.69, 9.17) is 4.84 Å². The Balaban J connectivity index is 1.79. The van der Waals surface area contributed by atoms with E-state index in [1.165, 1.54) is 0 Å². The van der Waals surface area contributed by atoms with Gasteiger partial charge in [0.2, 0.25) is 5.91 Å². The van der Waals surface area contributed by atoms with Crippen molar-refractivity contribution in [2.75, 3.05) is 33.3 Å². The Morgan fingerprint density at radius 2 is 1.85 bits per heavy atom. The van der Waals surface area contributed by atoms with Crippen LogP contribution in [0.1, 0.15) is 12.8 Å². The summed E-state index contributed by atoms with van der Waals surface area (Å²) in [5.41, 5.74) is 0. The Bertz CT molecular complexity index is 196. The van der Waals surface area contributed by atoms with Crippen LogP contribution in [0.3, 0.4) is 0 Å². The highest BCUT2D eigenvalue weighted by Crippen LogP contribution is 2.31. The van der Waals surface area contributed by atoms with Gasteiger partial charge < -0.3 is 9.74 Å². The van der Waals surface area contributed by atoms with Crippen LogP contribution in [-0.4, -0.2) is 49.2 Å². The van der Waals surface area contributed by atoms with E-state index in [9.17, 15) is 4.79 Å². The summed E-state index contributed by atoms with van der Waals surface area (Å²) in [7, 11) is 1.68. The van der Waals surface area contributed by atoms with E-state index in [2.05, 4.69) is 0 Å². The largest absolute Gasteiger partial charge is 0.340 e. The Kier molecular flexibility index (Phi) is 2.51. The summed E-state index contributed by atoms with van der Waals surface area (Å²) in [6.07, 6.45) is 2.20. The molecule has 0 aromatic rings. The Labute approximate surface area is 78.4 Å². The van der Waals surface area contributed by atoms with Crippen LogP contribution in [0.15, 0.2) is 0 Å². The number of carbonyl (C=O) groups excluding carboxylic acids is 1. The monoisotopic (exact) mass is 184 g/mol. The molecule has 2 rings (SSSR count). The van der Waals surface area contributed by atoms with Crippen LogP contribution < -0.4 is 0 Å². The second-order valence-electron chi connectivity index (χ2n) is 3.71. The van der Waals surface area contributed by atoms with Crippen molar-refractivity contribution in [2.45, 2.75) is 12.8 Å². The minimum absolute atomic E-state index is 0.356. The van der Waals surface area contributed by atoms with Gasteiger partial charge in [-0.3, -0.25) is 4.79 Å². The topological polar surface area (TPSA) is 32.8 Å². The molecule has 0 unspecified atom stereocenters. The maximum Gasteiger partial charge on any atom is 0.225 e. The molecule has 1 heterocycles. The molecule has 4 nitrogen and oxygen atoms in total. The van der Waals surface area contributed by atoms with E-state index < -0.39 is 0 Å². The van der Waals surface area contributed by atoms with Gasteiger partial charge in [-0.25, -0.2) is 0 Å². The summed E-state index contributed by atoms with van der Waals surface area (Å²) in [4.78, 5) is 18.7. The Morgan fingerprint density at radius 1 is 1.23 bits per heavy atom. The van der Waals surface area contributed by atoms with Crippen LogP contribution in [0.4, 0.5) is 0 Å². The molecule has 1 aliphatic carbocycles. The number of amides is 1. The van der Waals surface area contributed by atoms with Gasteiger partial charge in [-0.1, -0.05) is 0 Å². The molecule has 1 saturated heterocycles. The van der Waals surface area contributed by atoms with Gasteiger partial charge in [0.15, 0.2) is 0 Å². The lowest BCUT2D eigenvalue weighted by atomic mass is 10.3. The number of hydrogen-bond acceptors (Lipinski definition) is 3. The number of hydroxylamine groups is 2. The molecule has 1 saturated carbocycles. The second kappa shape index (κ2) is 3.64. The third-order valence-electron chi connectivity index (χ3n) is 2.74. The van der Waals surface area contributed by atoms with Crippen LogP contribution in [-0.2, 0) is 9.63 Å². The molecule has 0 atom stereocenters. The van der Waals surface area contributed by atoms with Crippen LogP contribution in [0.25, 0.3) is 0 Å². The van der Waals surface area contributed by atoms with Crippen molar-refractivity contribution >= 4 is 5.91 Å². The van der Waals surface area contributed by atoms with E-state index >= 15 is 0 Å². The molecule has 2 fully saturated rings. The third kappa shape index (κ3) is 2.00. The van der Waals surface area contributed by atoms with E-state index in [-0.39, 0.29) is 0 Å². The molecule has 0 aromatic carbocycles. The zero-order valence-corrected chi connectivity index (χ0v) is 8.03. The summed E-state index contributed by atoms with van der Waals surface area (Å²) in [5, 5.41) is 1.90. The van der Waals surface area contributed by atoms with Crippen LogP contribution >= 0.6 is 0 Å². The summed E-state index contributed by atoms with van der Waals surface area (Å²) in [6, 6.07) is 0. The average Bonchev–Trinajstić information content (AvgIpc) is 3.00. The predicted molar refractivity (Wildman–Crippen MR) is 47.9 cm³/mol. The Hall–Kier alpha value is -0.610. The zero-order valence-electron chi connectivity index (χ0n) is 8.03. The van der Waals surface area contributed by atoms with E-state index in [0.717, 1.165) is 39.0 Å². The first-order valence-corrected chi connectivity index (χ1v) is 4.89. The smallest absolute Gasteiger partial charge is 0.225 e. The van der Waals surface area contributed by atoms with Gasteiger partial charge in [0, 0.05) is 32.1 Å². The van der Waals surface area contributed by atoms with E-state index in [1.807, 2.05) is 9.96 Å². The summed E-state index contributed by atoms with van der Waals surface area (Å²) < 4.78 is 0. The number of nitrogens with zero attached hydrogens (tertiary/aromatic N) is 2. The number of hydrogen-bond donors (Lipinski definition) is 0. The minimum Gasteiger partial charge on any atom is -0.340 e. The normalized spacial score (nSPS) is 24.8. The molecule has 0 spiro atoms. The molecule has 1 aliphatic heterocycles. The lowest BCUT2D eigenvalue weighted by molar-refractivity contribution is -0.162. The van der Waals surface area contributed by atoms with Gasteiger partial charge in [-0.2, -0.15) is 5.06 Å². The highest BCUT2D eigenvalue weighted by Gasteiger charge is 2.34. The molecule has 0 bridgehead atoms. The minimum atomic E-state index is 0.356. The fraction of sp³-hybridized carbons (Fsp3) is 0.889. The molecular formula is C9H16N2O2. The maximum atomic E-state index is 11.6. The number of piperazine rings is 1. The SMILES string of the molecule is CON1CCN(C(=O)C2CC2)CC1. The van der Waals surface area contributed by atoms with Crippen molar-refractivity contribution in [1.82, 2.24) is 9.96 Å². The van der Waals surface area contributed by atoms with Crippen molar-refractivity contribution in [1.29, 1.82) is 0 Å². The molecule has 74 valence electrons. The quantitative estimate of drug-likeness (QED) is 0.610. The molecule has 2 aliphatic rings. The highest BCUT2D eigenvalue weighted by atomic mass is 16.7. The van der Waals surface area contributed by atoms with Gasteiger partial charge in [-0.15, -0.1) is 0 Å². The number of rotatable bonds is 2. The lowest BCUT2D eigenvalue weighted by Crippen LogP contribution is -2.48. The van der Waals surface area contributed by atoms with Gasteiger partial charge in [0.1, 0.15) is 0 Å². The maximum absolute atomic E-state index is 11.6. The summed E-state index contributed by atoms with van der Waals surface area (Å²) in [6.45, 7) is 3.33. The van der Waals surface area contributed by atoms with Gasteiger partial charge >= 0.3 is 0 Å². The summed E-state index contributed by atoms with van der Waals surface area (Å²) in [5.74, 6) is 0.713. The van der Waals surface area contributed by atoms with Crippen LogP contribution in [0.2, 0.25) is 0 Å². The molecule has 1 amide bonds. The zero-order chi connectivity index (χ0) is 9.26. The molecule has 0 radical (unpaired) electrons. The first-order valence-electron chi connectivity index (χ1n) is 4.89. The molecule has 4 heteroatoms. The van der Waals surface area contributed by atoms with Gasteiger partial charge in [0.05, 0.1) is 7.11 Å². The Morgan fingerprint density at radius 3 is 2.31 bits per heavy atom. The average molecular weight is 184 g/mol. The summed E-state index contributed by atoms with van der Waals surface area (Å²) >= 11 is 0. The van der Waals surface area contributed by atoms with E-state index in [1.54, 1.807) is 7.11 Å². The van der Waals surface area contributed by atoms with Crippen molar-refractivity contribution in [3.63, 3.8) is 0 Å². The fourth-order valence-corrected chi connectivity index (χ4v) is 1.68. The van der Waals surface area contributed by atoms with E-state index in [0.29, 0.717) is 11.8 Å². The van der Waals surface area contributed by atoms with Crippen molar-refractivity contribution in [3.05, 3.63) is 0 Å². The van der Waals surface area contributed by atoms with Crippen molar-refractivity contribution in [3.8, 4) is 0 Å². The molecular weight excluding hydrogens is 168 g/mol. The number of carbonyl (C=O) groups is 1. The van der Waals surface area contributed by atoms with Crippen molar-refractivity contribution < 1.29 is 9.63 Å².